The summed E-state index contributed by atoms with van der Waals surface area (Å²) in [5, 5.41) is 4.45. The molecule has 3 nitrogen and oxygen atoms in total. The van der Waals surface area contributed by atoms with Gasteiger partial charge >= 0.3 is 0 Å². The molecule has 3 aromatic rings. The van der Waals surface area contributed by atoms with E-state index in [1.165, 1.54) is 5.56 Å². The Hall–Kier alpha value is -1.43. The van der Waals surface area contributed by atoms with Crippen LogP contribution in [0, 0.1) is 0 Å². The van der Waals surface area contributed by atoms with Crippen LogP contribution in [0.3, 0.4) is 0 Å². The van der Waals surface area contributed by atoms with Crippen LogP contribution >= 0.6 is 27.3 Å². The Balaban J connectivity index is 1.58. The van der Waals surface area contributed by atoms with E-state index in [2.05, 4.69) is 38.4 Å². The highest BCUT2D eigenvalue weighted by Crippen LogP contribution is 2.29. The van der Waals surface area contributed by atoms with Crippen molar-refractivity contribution in [1.29, 1.82) is 0 Å². The minimum atomic E-state index is 0.740. The van der Waals surface area contributed by atoms with Crippen molar-refractivity contribution in [3.63, 3.8) is 0 Å². The minimum Gasteiger partial charge on any atom is -0.448 e. The highest BCUT2D eigenvalue weighted by atomic mass is 79.9. The van der Waals surface area contributed by atoms with Crippen molar-refractivity contribution in [2.75, 3.05) is 0 Å². The van der Waals surface area contributed by atoms with Crippen molar-refractivity contribution in [3.8, 4) is 10.6 Å². The van der Waals surface area contributed by atoms with Crippen molar-refractivity contribution in [3.05, 3.63) is 63.9 Å². The number of aromatic nitrogens is 1. The Bertz CT molecular complexity index is 678. The van der Waals surface area contributed by atoms with E-state index in [4.69, 9.17) is 4.42 Å². The molecule has 2 heterocycles. The molecule has 2 aromatic heterocycles. The summed E-state index contributed by atoms with van der Waals surface area (Å²) < 4.78 is 6.26. The van der Waals surface area contributed by atoms with E-state index in [0.29, 0.717) is 0 Å². The van der Waals surface area contributed by atoms with Crippen LogP contribution in [0.4, 0.5) is 0 Å². The summed E-state index contributed by atoms with van der Waals surface area (Å²) in [4.78, 5) is 5.46. The van der Waals surface area contributed by atoms with E-state index < -0.39 is 0 Å². The fraction of sp³-hybridized carbons (Fsp3) is 0.133. The molecule has 0 spiro atoms. The zero-order chi connectivity index (χ0) is 13.8. The molecule has 0 saturated carbocycles. The first-order valence-corrected chi connectivity index (χ1v) is 7.87. The molecule has 0 unspecified atom stereocenters. The number of hydrogen-bond acceptors (Lipinski definition) is 4. The molecule has 0 amide bonds. The highest BCUT2D eigenvalue weighted by Gasteiger charge is 2.08. The number of nitrogens with zero attached hydrogens (tertiary/aromatic N) is 1. The zero-order valence-electron chi connectivity index (χ0n) is 10.7. The van der Waals surface area contributed by atoms with Crippen molar-refractivity contribution < 1.29 is 4.42 Å². The second-order valence-corrected chi connectivity index (χ2v) is 6.21. The fourth-order valence-electron chi connectivity index (χ4n) is 1.86. The van der Waals surface area contributed by atoms with Crippen LogP contribution in [0.1, 0.15) is 10.6 Å². The van der Waals surface area contributed by atoms with Gasteiger partial charge in [0.05, 0.1) is 4.88 Å². The van der Waals surface area contributed by atoms with Crippen molar-refractivity contribution in [2.24, 2.45) is 0 Å². The molecule has 102 valence electrons. The summed E-state index contributed by atoms with van der Waals surface area (Å²) in [5.74, 6) is 0.851. The summed E-state index contributed by atoms with van der Waals surface area (Å²) in [5.41, 5.74) is 1.28. The molecule has 3 rings (SSSR count). The Morgan fingerprint density at radius 1 is 1.10 bits per heavy atom. The molecular weight excluding hydrogens is 336 g/mol. The number of thiazole rings is 1. The largest absolute Gasteiger partial charge is 0.448 e. The third kappa shape index (κ3) is 3.36. The minimum absolute atomic E-state index is 0.740. The SMILES string of the molecule is Brc1ccc(-c2cnc(CNCc3ccccc3)s2)o1. The normalized spacial score (nSPS) is 10.8. The van der Waals surface area contributed by atoms with Gasteiger partial charge in [0.2, 0.25) is 0 Å². The molecular formula is C15H13BrN2OS. The van der Waals surface area contributed by atoms with E-state index in [1.54, 1.807) is 11.3 Å². The van der Waals surface area contributed by atoms with Gasteiger partial charge in [-0.15, -0.1) is 11.3 Å². The molecule has 0 radical (unpaired) electrons. The van der Waals surface area contributed by atoms with Crippen LogP contribution in [-0.2, 0) is 13.1 Å². The number of halogens is 1. The maximum absolute atomic E-state index is 5.52. The number of furan rings is 1. The lowest BCUT2D eigenvalue weighted by Gasteiger charge is -2.01. The first-order chi connectivity index (χ1) is 9.81. The average Bonchev–Trinajstić information content (AvgIpc) is 3.09. The molecule has 1 N–H and O–H groups in total. The lowest BCUT2D eigenvalue weighted by molar-refractivity contribution is 0.557. The summed E-state index contributed by atoms with van der Waals surface area (Å²) in [6.07, 6.45) is 1.86. The maximum atomic E-state index is 5.52. The van der Waals surface area contributed by atoms with Gasteiger partial charge in [0.25, 0.3) is 0 Å². The third-order valence-electron chi connectivity index (χ3n) is 2.82. The zero-order valence-corrected chi connectivity index (χ0v) is 13.1. The van der Waals surface area contributed by atoms with Crippen LogP contribution in [0.25, 0.3) is 10.6 Å². The molecule has 0 bridgehead atoms. The molecule has 0 aliphatic heterocycles. The third-order valence-corrected chi connectivity index (χ3v) is 4.26. The van der Waals surface area contributed by atoms with Gasteiger partial charge < -0.3 is 9.73 Å². The van der Waals surface area contributed by atoms with Gasteiger partial charge in [-0.2, -0.15) is 0 Å². The lowest BCUT2D eigenvalue weighted by Crippen LogP contribution is -2.12. The van der Waals surface area contributed by atoms with Gasteiger partial charge in [-0.25, -0.2) is 4.98 Å². The molecule has 0 fully saturated rings. The van der Waals surface area contributed by atoms with Gasteiger partial charge in [0.1, 0.15) is 10.8 Å². The van der Waals surface area contributed by atoms with Gasteiger partial charge in [-0.1, -0.05) is 30.3 Å². The summed E-state index contributed by atoms with van der Waals surface area (Å²) in [7, 11) is 0. The first-order valence-electron chi connectivity index (χ1n) is 6.26. The van der Waals surface area contributed by atoms with E-state index in [0.717, 1.165) is 33.4 Å². The van der Waals surface area contributed by atoms with E-state index >= 15 is 0 Å². The molecule has 0 atom stereocenters. The number of rotatable bonds is 5. The van der Waals surface area contributed by atoms with Crippen LogP contribution in [0.2, 0.25) is 0 Å². The summed E-state index contributed by atoms with van der Waals surface area (Å²) >= 11 is 4.96. The average molecular weight is 349 g/mol. The monoisotopic (exact) mass is 348 g/mol. The van der Waals surface area contributed by atoms with Gasteiger partial charge in [0.15, 0.2) is 4.67 Å². The van der Waals surface area contributed by atoms with Crippen LogP contribution in [0.15, 0.2) is 57.7 Å². The molecule has 0 saturated heterocycles. The van der Waals surface area contributed by atoms with Gasteiger partial charge in [-0.05, 0) is 33.6 Å². The van der Waals surface area contributed by atoms with Crippen molar-refractivity contribution in [2.45, 2.75) is 13.1 Å². The first kappa shape index (κ1) is 13.5. The second kappa shape index (κ2) is 6.35. The number of hydrogen-bond donors (Lipinski definition) is 1. The van der Waals surface area contributed by atoms with Gasteiger partial charge in [0, 0.05) is 19.3 Å². The summed E-state index contributed by atoms with van der Waals surface area (Å²) in [6.45, 7) is 1.61. The Kier molecular flexibility index (Phi) is 4.30. The molecule has 5 heteroatoms. The maximum Gasteiger partial charge on any atom is 0.169 e. The van der Waals surface area contributed by atoms with E-state index in [-0.39, 0.29) is 0 Å². The standard InChI is InChI=1S/C15H13BrN2OS/c16-14-7-6-12(19-14)13-9-18-15(20-13)10-17-8-11-4-2-1-3-5-11/h1-7,9,17H,8,10H2. The molecule has 0 aliphatic carbocycles. The molecule has 0 aliphatic rings. The number of benzene rings is 1. The fourth-order valence-corrected chi connectivity index (χ4v) is 3.02. The highest BCUT2D eigenvalue weighted by molar-refractivity contribution is 9.10. The van der Waals surface area contributed by atoms with Crippen molar-refractivity contribution >= 4 is 27.3 Å². The molecule has 1 aromatic carbocycles. The summed E-state index contributed by atoms with van der Waals surface area (Å²) in [6, 6.07) is 14.2. The van der Waals surface area contributed by atoms with E-state index in [1.807, 2.05) is 36.5 Å². The van der Waals surface area contributed by atoms with Crippen LogP contribution < -0.4 is 5.32 Å². The topological polar surface area (TPSA) is 38.1 Å². The smallest absolute Gasteiger partial charge is 0.169 e. The second-order valence-electron chi connectivity index (χ2n) is 4.31. The van der Waals surface area contributed by atoms with Crippen molar-refractivity contribution in [1.82, 2.24) is 10.3 Å². The number of nitrogens with one attached hydrogen (secondary N) is 1. The van der Waals surface area contributed by atoms with Gasteiger partial charge in [-0.3, -0.25) is 0 Å². The van der Waals surface area contributed by atoms with Crippen LogP contribution in [-0.4, -0.2) is 4.98 Å². The van der Waals surface area contributed by atoms with Crippen LogP contribution in [0.5, 0.6) is 0 Å². The Labute approximate surface area is 129 Å². The lowest BCUT2D eigenvalue weighted by atomic mass is 10.2. The quantitative estimate of drug-likeness (QED) is 0.739. The predicted molar refractivity (Wildman–Crippen MR) is 84.5 cm³/mol. The Morgan fingerprint density at radius 3 is 2.70 bits per heavy atom. The molecule has 20 heavy (non-hydrogen) atoms. The predicted octanol–water partition coefficient (Wildman–Crippen LogP) is 4.46. The van der Waals surface area contributed by atoms with E-state index in [9.17, 15) is 0 Å². The Morgan fingerprint density at radius 2 is 1.95 bits per heavy atom.